The number of ether oxygens (including phenoxy) is 1. The van der Waals surface area contributed by atoms with E-state index in [1.165, 1.54) is 5.56 Å². The van der Waals surface area contributed by atoms with Gasteiger partial charge in [0.15, 0.2) is 5.11 Å². The molecular formula is C29H31N3O4S. The molecular weight excluding hydrogens is 486 g/mol. The van der Waals surface area contributed by atoms with Crippen LogP contribution in [0.5, 0.6) is 0 Å². The second-order valence-corrected chi connectivity index (χ2v) is 8.82. The van der Waals surface area contributed by atoms with Gasteiger partial charge in [0, 0.05) is 30.6 Å². The molecule has 0 atom stereocenters. The quantitative estimate of drug-likeness (QED) is 0.182. The average Bonchev–Trinajstić information content (AvgIpc) is 2.91. The fraction of sp³-hybridized carbons (Fsp3) is 0.241. The Bertz CT molecular complexity index is 1170. The number of esters is 1. The third kappa shape index (κ3) is 10.6. The second-order valence-electron chi connectivity index (χ2n) is 8.41. The highest BCUT2D eigenvalue weighted by molar-refractivity contribution is 7.80. The molecule has 7 nitrogen and oxygen atoms in total. The molecule has 0 radical (unpaired) electrons. The molecule has 0 unspecified atom stereocenters. The van der Waals surface area contributed by atoms with Crippen molar-refractivity contribution in [2.75, 3.05) is 11.9 Å². The van der Waals surface area contributed by atoms with E-state index in [0.717, 1.165) is 18.4 Å². The first-order valence-electron chi connectivity index (χ1n) is 12.2. The molecule has 2 amide bonds. The minimum Gasteiger partial charge on any atom is -0.466 e. The Hall–Kier alpha value is -4.04. The summed E-state index contributed by atoms with van der Waals surface area (Å²) in [5.74, 6) is -0.776. The predicted octanol–water partition coefficient (Wildman–Crippen LogP) is 4.78. The van der Waals surface area contributed by atoms with Crippen LogP contribution in [0, 0.1) is 0 Å². The van der Waals surface area contributed by atoms with E-state index in [4.69, 9.17) is 17.0 Å². The van der Waals surface area contributed by atoms with E-state index in [-0.39, 0.29) is 35.7 Å². The number of rotatable bonds is 12. The van der Waals surface area contributed by atoms with Crippen molar-refractivity contribution in [1.29, 1.82) is 0 Å². The number of benzene rings is 3. The first-order valence-corrected chi connectivity index (χ1v) is 12.6. The molecule has 0 aliphatic rings. The zero-order chi connectivity index (χ0) is 26.3. The Kier molecular flexibility index (Phi) is 11.3. The Morgan fingerprint density at radius 2 is 1.41 bits per heavy atom. The fourth-order valence-corrected chi connectivity index (χ4v) is 3.74. The maximum Gasteiger partial charge on any atom is 0.305 e. The molecule has 0 bridgehead atoms. The smallest absolute Gasteiger partial charge is 0.305 e. The number of carbonyl (C=O) groups is 3. The molecule has 37 heavy (non-hydrogen) atoms. The van der Waals surface area contributed by atoms with Crippen LogP contribution in [0.15, 0.2) is 84.9 Å². The number of aryl methyl sites for hydroxylation is 1. The standard InChI is InChI=1S/C29H31N3O4S/c33-26(14-7-15-27(34)36-20-8-13-22-9-3-1-4-10-22)32-29(37)31-25-18-16-24(17-19-25)28(35)30-21-23-11-5-2-6-12-23/h1-6,9-12,16-19H,7-8,13-15,20-21H2,(H,30,35)(H2,31,32,33,37). The van der Waals surface area contributed by atoms with Gasteiger partial charge in [-0.05, 0) is 66.9 Å². The summed E-state index contributed by atoms with van der Waals surface area (Å²) < 4.78 is 5.23. The van der Waals surface area contributed by atoms with Crippen LogP contribution in [-0.4, -0.2) is 29.5 Å². The molecule has 0 aromatic heterocycles. The first kappa shape index (κ1) is 27.5. The Labute approximate surface area is 222 Å². The third-order valence-corrected chi connectivity index (χ3v) is 5.66. The van der Waals surface area contributed by atoms with Crippen molar-refractivity contribution in [2.45, 2.75) is 38.6 Å². The minimum atomic E-state index is -0.311. The van der Waals surface area contributed by atoms with E-state index in [9.17, 15) is 14.4 Å². The fourth-order valence-electron chi connectivity index (χ4n) is 3.51. The number of carbonyl (C=O) groups excluding carboxylic acids is 3. The number of amides is 2. The molecule has 8 heteroatoms. The van der Waals surface area contributed by atoms with E-state index in [0.29, 0.717) is 30.8 Å². The van der Waals surface area contributed by atoms with Crippen molar-refractivity contribution in [1.82, 2.24) is 10.6 Å². The van der Waals surface area contributed by atoms with E-state index < -0.39 is 0 Å². The molecule has 0 spiro atoms. The minimum absolute atomic E-state index is 0.148. The van der Waals surface area contributed by atoms with Gasteiger partial charge in [-0.1, -0.05) is 60.7 Å². The van der Waals surface area contributed by atoms with Gasteiger partial charge in [0.1, 0.15) is 0 Å². The Morgan fingerprint density at radius 1 is 0.757 bits per heavy atom. The molecule has 0 heterocycles. The average molecular weight is 518 g/mol. The van der Waals surface area contributed by atoms with Gasteiger partial charge in [0.05, 0.1) is 6.61 Å². The Morgan fingerprint density at radius 3 is 2.08 bits per heavy atom. The zero-order valence-corrected chi connectivity index (χ0v) is 21.4. The summed E-state index contributed by atoms with van der Waals surface area (Å²) in [5.41, 5.74) is 3.39. The Balaban J connectivity index is 1.28. The maximum atomic E-state index is 12.3. The van der Waals surface area contributed by atoms with Crippen LogP contribution >= 0.6 is 12.2 Å². The predicted molar refractivity (Wildman–Crippen MR) is 148 cm³/mol. The largest absolute Gasteiger partial charge is 0.466 e. The van der Waals surface area contributed by atoms with E-state index in [2.05, 4.69) is 16.0 Å². The third-order valence-electron chi connectivity index (χ3n) is 5.45. The molecule has 3 N–H and O–H groups in total. The van der Waals surface area contributed by atoms with Gasteiger partial charge in [0.2, 0.25) is 5.91 Å². The van der Waals surface area contributed by atoms with Gasteiger partial charge < -0.3 is 20.7 Å². The highest BCUT2D eigenvalue weighted by Gasteiger charge is 2.09. The summed E-state index contributed by atoms with van der Waals surface area (Å²) in [6.45, 7) is 0.809. The van der Waals surface area contributed by atoms with Gasteiger partial charge in [0.25, 0.3) is 5.91 Å². The van der Waals surface area contributed by atoms with Crippen LogP contribution in [0.25, 0.3) is 0 Å². The van der Waals surface area contributed by atoms with Gasteiger partial charge in [-0.15, -0.1) is 0 Å². The number of hydrogen-bond donors (Lipinski definition) is 3. The van der Waals surface area contributed by atoms with Crippen molar-refractivity contribution in [3.8, 4) is 0 Å². The zero-order valence-electron chi connectivity index (χ0n) is 20.6. The molecule has 192 valence electrons. The van der Waals surface area contributed by atoms with Crippen molar-refractivity contribution in [2.24, 2.45) is 0 Å². The number of anilines is 1. The summed E-state index contributed by atoms with van der Waals surface area (Å²) in [4.78, 5) is 36.3. The lowest BCUT2D eigenvalue weighted by atomic mass is 10.1. The molecule has 0 saturated heterocycles. The van der Waals surface area contributed by atoms with Crippen LogP contribution in [0.3, 0.4) is 0 Å². The van der Waals surface area contributed by atoms with Crippen LogP contribution in [0.2, 0.25) is 0 Å². The molecule has 3 aromatic carbocycles. The first-order chi connectivity index (χ1) is 18.0. The molecule has 3 aromatic rings. The lowest BCUT2D eigenvalue weighted by Gasteiger charge is -2.10. The lowest BCUT2D eigenvalue weighted by Crippen LogP contribution is -2.34. The van der Waals surface area contributed by atoms with E-state index in [1.54, 1.807) is 24.3 Å². The van der Waals surface area contributed by atoms with Gasteiger partial charge in [-0.2, -0.15) is 0 Å². The summed E-state index contributed by atoms with van der Waals surface area (Å²) in [7, 11) is 0. The molecule has 0 saturated carbocycles. The molecule has 0 fully saturated rings. The monoisotopic (exact) mass is 517 g/mol. The highest BCUT2D eigenvalue weighted by Crippen LogP contribution is 2.10. The topological polar surface area (TPSA) is 96.5 Å². The van der Waals surface area contributed by atoms with Crippen molar-refractivity contribution in [3.63, 3.8) is 0 Å². The van der Waals surface area contributed by atoms with Crippen molar-refractivity contribution < 1.29 is 19.1 Å². The molecule has 0 aliphatic heterocycles. The SMILES string of the molecule is O=C(CCCC(=O)OCCCc1ccccc1)NC(=S)Nc1ccc(C(=O)NCc2ccccc2)cc1. The van der Waals surface area contributed by atoms with Crippen LogP contribution in [0.1, 0.15) is 47.2 Å². The normalized spacial score (nSPS) is 10.3. The van der Waals surface area contributed by atoms with E-state index >= 15 is 0 Å². The summed E-state index contributed by atoms with van der Waals surface area (Å²) >= 11 is 5.19. The number of nitrogens with one attached hydrogen (secondary N) is 3. The van der Waals surface area contributed by atoms with Gasteiger partial charge >= 0.3 is 5.97 Å². The number of hydrogen-bond acceptors (Lipinski definition) is 5. The lowest BCUT2D eigenvalue weighted by molar-refractivity contribution is -0.143. The van der Waals surface area contributed by atoms with Gasteiger partial charge in [-0.25, -0.2) is 0 Å². The molecule has 3 rings (SSSR count). The van der Waals surface area contributed by atoms with Crippen molar-refractivity contribution >= 4 is 40.8 Å². The second kappa shape index (κ2) is 15.2. The van der Waals surface area contributed by atoms with E-state index in [1.807, 2.05) is 60.7 Å². The summed E-state index contributed by atoms with van der Waals surface area (Å²) in [5, 5.41) is 8.54. The van der Waals surface area contributed by atoms with Crippen LogP contribution < -0.4 is 16.0 Å². The maximum absolute atomic E-state index is 12.3. The molecule has 0 aliphatic carbocycles. The van der Waals surface area contributed by atoms with Gasteiger partial charge in [-0.3, -0.25) is 14.4 Å². The highest BCUT2D eigenvalue weighted by atomic mass is 32.1. The number of thiocarbonyl (C=S) groups is 1. The summed E-state index contributed by atoms with van der Waals surface area (Å²) in [6, 6.07) is 26.5. The van der Waals surface area contributed by atoms with Crippen LogP contribution in [-0.2, 0) is 27.3 Å². The van der Waals surface area contributed by atoms with Crippen molar-refractivity contribution in [3.05, 3.63) is 102 Å². The van der Waals surface area contributed by atoms with Crippen LogP contribution in [0.4, 0.5) is 5.69 Å². The summed E-state index contributed by atoms with van der Waals surface area (Å²) in [6.07, 6.45) is 2.31.